The summed E-state index contributed by atoms with van der Waals surface area (Å²) in [5.74, 6) is 0. The van der Waals surface area contributed by atoms with Gasteiger partial charge in [-0.25, -0.2) is 4.79 Å². The number of nitrogens with zero attached hydrogens (tertiary/aromatic N) is 2. The van der Waals surface area contributed by atoms with Crippen molar-refractivity contribution >= 4 is 11.0 Å². The molecule has 1 aromatic carbocycles. The number of likely N-dealkylation sites (N-methyl/N-ethyl adjacent to an activating group) is 1. The molecule has 0 saturated carbocycles. The summed E-state index contributed by atoms with van der Waals surface area (Å²) in [7, 11) is 0. The molecule has 0 bridgehead atoms. The summed E-state index contributed by atoms with van der Waals surface area (Å²) in [5.41, 5.74) is -0.997. The lowest BCUT2D eigenvalue weighted by molar-refractivity contribution is -0.136. The number of likely N-dealkylation sites (tertiary alicyclic amines) is 1. The van der Waals surface area contributed by atoms with E-state index < -0.39 is 17.4 Å². The van der Waals surface area contributed by atoms with Gasteiger partial charge in [-0.2, -0.15) is 13.2 Å². The van der Waals surface area contributed by atoms with Gasteiger partial charge in [0.25, 0.3) is 0 Å². The first-order valence-corrected chi connectivity index (χ1v) is 7.44. The third-order valence-corrected chi connectivity index (χ3v) is 4.34. The Balaban J connectivity index is 2.17. The number of halogens is 3. The second-order valence-corrected chi connectivity index (χ2v) is 5.69. The van der Waals surface area contributed by atoms with E-state index in [2.05, 4.69) is 9.88 Å². The van der Waals surface area contributed by atoms with Crippen molar-refractivity contribution in [3.8, 4) is 0 Å². The van der Waals surface area contributed by atoms with E-state index in [9.17, 15) is 18.0 Å². The topological polar surface area (TPSA) is 41.0 Å². The predicted octanol–water partition coefficient (Wildman–Crippen LogP) is 3.01. The van der Waals surface area contributed by atoms with Crippen molar-refractivity contribution in [2.75, 3.05) is 19.6 Å². The van der Waals surface area contributed by atoms with Crippen molar-refractivity contribution in [1.82, 2.24) is 14.5 Å². The summed E-state index contributed by atoms with van der Waals surface area (Å²) in [5, 5.41) is 0. The van der Waals surface area contributed by atoms with E-state index in [-0.39, 0.29) is 17.1 Å². The number of nitrogens with one attached hydrogen (secondary N) is 1. The first kappa shape index (κ1) is 15.1. The van der Waals surface area contributed by atoms with Crippen LogP contribution < -0.4 is 5.69 Å². The Morgan fingerprint density at radius 2 is 2.14 bits per heavy atom. The molecule has 1 N–H and O–H groups in total. The van der Waals surface area contributed by atoms with E-state index >= 15 is 0 Å². The fourth-order valence-electron chi connectivity index (χ4n) is 3.29. The van der Waals surface area contributed by atoms with E-state index in [1.807, 2.05) is 6.92 Å². The lowest BCUT2D eigenvalue weighted by atomic mass is 10.0. The summed E-state index contributed by atoms with van der Waals surface area (Å²) in [4.78, 5) is 17.0. The van der Waals surface area contributed by atoms with Gasteiger partial charge in [-0.3, -0.25) is 4.57 Å². The molecule has 2 aromatic rings. The molecule has 1 fully saturated rings. The molecular formula is C15H18F3N3O. The van der Waals surface area contributed by atoms with E-state index in [0.717, 1.165) is 32.0 Å². The molecule has 120 valence electrons. The molecule has 2 heterocycles. The van der Waals surface area contributed by atoms with E-state index in [1.165, 1.54) is 16.7 Å². The Bertz CT molecular complexity index is 732. The molecule has 1 saturated heterocycles. The summed E-state index contributed by atoms with van der Waals surface area (Å²) >= 11 is 0. The van der Waals surface area contributed by atoms with Crippen LogP contribution in [-0.4, -0.2) is 34.1 Å². The highest BCUT2D eigenvalue weighted by atomic mass is 19.4. The highest BCUT2D eigenvalue weighted by Crippen LogP contribution is 2.35. The van der Waals surface area contributed by atoms with Crippen LogP contribution in [0.3, 0.4) is 0 Å². The second-order valence-electron chi connectivity index (χ2n) is 5.69. The fourth-order valence-corrected chi connectivity index (χ4v) is 3.29. The molecule has 4 nitrogen and oxygen atoms in total. The van der Waals surface area contributed by atoms with Crippen molar-refractivity contribution in [2.24, 2.45) is 0 Å². The predicted molar refractivity (Wildman–Crippen MR) is 77.9 cm³/mol. The summed E-state index contributed by atoms with van der Waals surface area (Å²) < 4.78 is 41.1. The SMILES string of the molecule is CCN1CCCC(n2c(=O)[nH]c3cccc(C(F)(F)F)c32)C1. The number of para-hydroxylation sites is 1. The highest BCUT2D eigenvalue weighted by molar-refractivity contribution is 5.79. The van der Waals surface area contributed by atoms with Gasteiger partial charge in [0.05, 0.1) is 22.6 Å². The lowest BCUT2D eigenvalue weighted by Gasteiger charge is -2.32. The number of H-pyrrole nitrogens is 1. The Hall–Kier alpha value is -1.76. The van der Waals surface area contributed by atoms with Crippen molar-refractivity contribution in [1.29, 1.82) is 0 Å². The normalized spacial score (nSPS) is 20.6. The average Bonchev–Trinajstić information content (AvgIpc) is 2.81. The third-order valence-electron chi connectivity index (χ3n) is 4.34. The van der Waals surface area contributed by atoms with E-state index in [4.69, 9.17) is 0 Å². The molecule has 1 aromatic heterocycles. The maximum Gasteiger partial charge on any atom is 0.418 e. The minimum atomic E-state index is -4.48. The molecule has 1 unspecified atom stereocenters. The van der Waals surface area contributed by atoms with Gasteiger partial charge in [0, 0.05) is 6.54 Å². The zero-order valence-corrected chi connectivity index (χ0v) is 12.3. The van der Waals surface area contributed by atoms with Crippen LogP contribution in [0.5, 0.6) is 0 Å². The Morgan fingerprint density at radius 3 is 2.82 bits per heavy atom. The standard InChI is InChI=1S/C15H18F3N3O/c1-2-20-8-4-5-10(9-20)21-13-11(15(16,17)18)6-3-7-12(13)19-14(21)22/h3,6-7,10H,2,4-5,8-9H2,1H3,(H,19,22). The molecule has 0 aliphatic carbocycles. The number of alkyl halides is 3. The average molecular weight is 313 g/mol. The maximum absolute atomic E-state index is 13.3. The quantitative estimate of drug-likeness (QED) is 0.926. The van der Waals surface area contributed by atoms with Gasteiger partial charge in [-0.15, -0.1) is 0 Å². The number of aromatic amines is 1. The number of aromatic nitrogens is 2. The lowest BCUT2D eigenvalue weighted by Crippen LogP contribution is -2.39. The van der Waals surface area contributed by atoms with Crippen LogP contribution in [0.25, 0.3) is 11.0 Å². The summed E-state index contributed by atoms with van der Waals surface area (Å²) in [6.07, 6.45) is -2.88. The van der Waals surface area contributed by atoms with E-state index in [0.29, 0.717) is 6.54 Å². The van der Waals surface area contributed by atoms with E-state index in [1.54, 1.807) is 0 Å². The Kier molecular flexibility index (Phi) is 3.76. The molecule has 0 radical (unpaired) electrons. The van der Waals surface area contributed by atoms with Crippen LogP contribution in [-0.2, 0) is 6.18 Å². The largest absolute Gasteiger partial charge is 0.418 e. The summed E-state index contributed by atoms with van der Waals surface area (Å²) in [6, 6.07) is 3.65. The maximum atomic E-state index is 13.3. The molecule has 1 aliphatic heterocycles. The number of hydrogen-bond acceptors (Lipinski definition) is 2. The smallest absolute Gasteiger partial charge is 0.306 e. The van der Waals surface area contributed by atoms with Gasteiger partial charge in [0.15, 0.2) is 0 Å². The van der Waals surface area contributed by atoms with Crippen LogP contribution in [0.4, 0.5) is 13.2 Å². The first-order valence-electron chi connectivity index (χ1n) is 7.44. The number of imidazole rings is 1. The van der Waals surface area contributed by atoms with Gasteiger partial charge in [0.1, 0.15) is 0 Å². The zero-order chi connectivity index (χ0) is 15.9. The van der Waals surface area contributed by atoms with Gasteiger partial charge >= 0.3 is 11.9 Å². The second kappa shape index (κ2) is 5.46. The van der Waals surface area contributed by atoms with Crippen LogP contribution in [0.15, 0.2) is 23.0 Å². The van der Waals surface area contributed by atoms with Crippen LogP contribution in [0, 0.1) is 0 Å². The molecule has 1 aliphatic rings. The number of benzene rings is 1. The van der Waals surface area contributed by atoms with Gasteiger partial charge in [-0.1, -0.05) is 13.0 Å². The Morgan fingerprint density at radius 1 is 1.36 bits per heavy atom. The summed E-state index contributed by atoms with van der Waals surface area (Å²) in [6.45, 7) is 4.38. The molecule has 0 amide bonds. The molecule has 3 rings (SSSR count). The Labute approximate surface area is 125 Å². The monoisotopic (exact) mass is 313 g/mol. The number of piperidine rings is 1. The molecule has 22 heavy (non-hydrogen) atoms. The number of hydrogen-bond donors (Lipinski definition) is 1. The number of rotatable bonds is 2. The first-order chi connectivity index (χ1) is 10.4. The van der Waals surface area contributed by atoms with Gasteiger partial charge < -0.3 is 9.88 Å². The highest BCUT2D eigenvalue weighted by Gasteiger charge is 2.35. The zero-order valence-electron chi connectivity index (χ0n) is 12.3. The minimum Gasteiger partial charge on any atom is -0.306 e. The van der Waals surface area contributed by atoms with Crippen molar-refractivity contribution in [2.45, 2.75) is 32.0 Å². The molecule has 0 spiro atoms. The third kappa shape index (κ3) is 2.54. The van der Waals surface area contributed by atoms with Gasteiger partial charge in [-0.05, 0) is 38.1 Å². The fraction of sp³-hybridized carbons (Fsp3) is 0.533. The van der Waals surface area contributed by atoms with Crippen molar-refractivity contribution in [3.63, 3.8) is 0 Å². The van der Waals surface area contributed by atoms with Crippen LogP contribution in [0.1, 0.15) is 31.4 Å². The number of fused-ring (bicyclic) bond motifs is 1. The van der Waals surface area contributed by atoms with Crippen LogP contribution >= 0.6 is 0 Å². The van der Waals surface area contributed by atoms with Crippen molar-refractivity contribution in [3.05, 3.63) is 34.2 Å². The molecule has 1 atom stereocenters. The van der Waals surface area contributed by atoms with Gasteiger partial charge in [0.2, 0.25) is 0 Å². The minimum absolute atomic E-state index is 0.0250. The van der Waals surface area contributed by atoms with Crippen LogP contribution in [0.2, 0.25) is 0 Å². The molecule has 7 heteroatoms. The van der Waals surface area contributed by atoms with Crippen molar-refractivity contribution < 1.29 is 13.2 Å². The molecular weight excluding hydrogens is 295 g/mol.